The first-order chi connectivity index (χ1) is 8.58. The Morgan fingerprint density at radius 2 is 2.22 bits per heavy atom. The zero-order valence-corrected chi connectivity index (χ0v) is 9.21. The molecule has 1 aliphatic heterocycles. The average molecular weight is 259 g/mol. The van der Waals surface area contributed by atoms with Gasteiger partial charge in [0.05, 0.1) is 6.61 Å². The van der Waals surface area contributed by atoms with E-state index in [1.54, 1.807) is 0 Å². The molecule has 0 aliphatic carbocycles. The zero-order chi connectivity index (χ0) is 13.3. The van der Waals surface area contributed by atoms with E-state index in [-0.39, 0.29) is 5.88 Å². The van der Waals surface area contributed by atoms with Gasteiger partial charge < -0.3 is 24.9 Å². The molecule has 1 aromatic rings. The predicted molar refractivity (Wildman–Crippen MR) is 56.3 cm³/mol. The van der Waals surface area contributed by atoms with Gasteiger partial charge in [-0.2, -0.15) is 10.9 Å². The summed E-state index contributed by atoms with van der Waals surface area (Å²) in [6, 6.07) is 1.30. The van der Waals surface area contributed by atoms with E-state index < -0.39 is 36.8 Å². The maximum atomic E-state index is 11.6. The molecule has 1 aromatic heterocycles. The second kappa shape index (κ2) is 5.00. The van der Waals surface area contributed by atoms with Crippen LogP contribution in [0, 0.1) is 0 Å². The Morgan fingerprint density at radius 1 is 1.50 bits per heavy atom. The van der Waals surface area contributed by atoms with Crippen molar-refractivity contribution in [1.82, 2.24) is 9.55 Å². The van der Waals surface area contributed by atoms with Crippen LogP contribution in [0.1, 0.15) is 6.23 Å². The monoisotopic (exact) mass is 259 g/mol. The third kappa shape index (κ3) is 2.09. The van der Waals surface area contributed by atoms with E-state index >= 15 is 0 Å². The van der Waals surface area contributed by atoms with Crippen LogP contribution in [0.25, 0.3) is 0 Å². The van der Waals surface area contributed by atoms with Crippen LogP contribution in [0.15, 0.2) is 17.1 Å². The fourth-order valence-electron chi connectivity index (χ4n) is 1.77. The van der Waals surface area contributed by atoms with Crippen molar-refractivity contribution in [3.05, 3.63) is 22.7 Å². The normalized spacial score (nSPS) is 31.6. The highest BCUT2D eigenvalue weighted by Gasteiger charge is 2.43. The van der Waals surface area contributed by atoms with E-state index in [0.717, 1.165) is 4.57 Å². The molecule has 0 unspecified atom stereocenters. The second-order valence-corrected chi connectivity index (χ2v) is 3.80. The number of hydrogen-bond donors (Lipinski definition) is 4. The van der Waals surface area contributed by atoms with Gasteiger partial charge in [-0.15, -0.1) is 0 Å². The fourth-order valence-corrected chi connectivity index (χ4v) is 1.77. The lowest BCUT2D eigenvalue weighted by Gasteiger charge is -2.16. The van der Waals surface area contributed by atoms with Crippen LogP contribution in [0.4, 0.5) is 0 Å². The average Bonchev–Trinajstić information content (AvgIpc) is 2.66. The van der Waals surface area contributed by atoms with E-state index in [0.29, 0.717) is 0 Å². The number of nitrogens with two attached hydrogens (primary N) is 1. The highest BCUT2D eigenvalue weighted by Crippen LogP contribution is 2.28. The summed E-state index contributed by atoms with van der Waals surface area (Å²) in [5.41, 5.74) is -0.757. The third-order valence-electron chi connectivity index (χ3n) is 2.72. The lowest BCUT2D eigenvalue weighted by atomic mass is 10.1. The van der Waals surface area contributed by atoms with Crippen molar-refractivity contribution in [2.45, 2.75) is 24.5 Å². The summed E-state index contributed by atoms with van der Waals surface area (Å²) in [4.78, 5) is 19.4. The van der Waals surface area contributed by atoms with Crippen molar-refractivity contribution in [2.75, 3.05) is 6.61 Å². The number of aliphatic hydroxyl groups excluding tert-OH is 3. The van der Waals surface area contributed by atoms with Gasteiger partial charge in [0, 0.05) is 12.3 Å². The largest absolute Gasteiger partial charge is 0.394 e. The first-order valence-corrected chi connectivity index (χ1v) is 5.17. The van der Waals surface area contributed by atoms with Gasteiger partial charge in [0.1, 0.15) is 18.3 Å². The zero-order valence-electron chi connectivity index (χ0n) is 9.21. The minimum Gasteiger partial charge on any atom is -0.394 e. The third-order valence-corrected chi connectivity index (χ3v) is 2.72. The summed E-state index contributed by atoms with van der Waals surface area (Å²) in [6.07, 6.45) is -3.44. The smallest absolute Gasteiger partial charge is 0.353 e. The summed E-state index contributed by atoms with van der Waals surface area (Å²) < 4.78 is 6.15. The first kappa shape index (κ1) is 12.9. The topological polar surface area (TPSA) is 140 Å². The standard InChI is InChI=1S/C9H13N3O6/c10-18-5-1-2-12(9(16)11-5)8-7(15)6(14)4(3-13)17-8/h1-2,4,6-8,13-15H,3,10H2/t4-,6+,7+,8-/m1/s1. The molecule has 0 aromatic carbocycles. The van der Waals surface area contributed by atoms with Crippen LogP contribution in [-0.2, 0) is 4.74 Å². The van der Waals surface area contributed by atoms with Crippen LogP contribution in [0.5, 0.6) is 5.88 Å². The lowest BCUT2D eigenvalue weighted by Crippen LogP contribution is -2.36. The van der Waals surface area contributed by atoms with E-state index in [4.69, 9.17) is 15.7 Å². The molecule has 18 heavy (non-hydrogen) atoms. The molecule has 1 saturated heterocycles. The van der Waals surface area contributed by atoms with Gasteiger partial charge in [0.25, 0.3) is 0 Å². The van der Waals surface area contributed by atoms with Gasteiger partial charge in [-0.1, -0.05) is 0 Å². The summed E-state index contributed by atoms with van der Waals surface area (Å²) in [7, 11) is 0. The van der Waals surface area contributed by atoms with Crippen LogP contribution in [-0.4, -0.2) is 49.8 Å². The Kier molecular flexibility index (Phi) is 3.59. The molecular weight excluding hydrogens is 246 g/mol. The maximum Gasteiger partial charge on any atom is 0.353 e. The summed E-state index contributed by atoms with van der Waals surface area (Å²) in [5, 5.41) is 28.2. The van der Waals surface area contributed by atoms with Crippen molar-refractivity contribution in [1.29, 1.82) is 0 Å². The minimum absolute atomic E-state index is 0.0806. The summed E-state index contributed by atoms with van der Waals surface area (Å²) >= 11 is 0. The van der Waals surface area contributed by atoms with E-state index in [1.165, 1.54) is 12.3 Å². The van der Waals surface area contributed by atoms with Crippen molar-refractivity contribution in [3.63, 3.8) is 0 Å². The van der Waals surface area contributed by atoms with Crippen LogP contribution in [0.2, 0.25) is 0 Å². The number of ether oxygens (including phenoxy) is 1. The van der Waals surface area contributed by atoms with E-state index in [9.17, 15) is 15.0 Å². The van der Waals surface area contributed by atoms with Crippen molar-refractivity contribution in [2.24, 2.45) is 5.90 Å². The lowest BCUT2D eigenvalue weighted by molar-refractivity contribution is -0.0551. The molecule has 0 saturated carbocycles. The number of aromatic nitrogens is 2. The fraction of sp³-hybridized carbons (Fsp3) is 0.556. The molecule has 2 rings (SSSR count). The maximum absolute atomic E-state index is 11.6. The molecule has 1 aliphatic rings. The SMILES string of the molecule is NOc1ccn([C@@H]2O[C@H](CO)[C@H](O)[C@@H]2O)c(=O)n1. The summed E-state index contributed by atoms with van der Waals surface area (Å²) in [6.45, 7) is -0.471. The van der Waals surface area contributed by atoms with Crippen molar-refractivity contribution >= 4 is 0 Å². The molecule has 9 nitrogen and oxygen atoms in total. The quantitative estimate of drug-likeness (QED) is 0.424. The predicted octanol–water partition coefficient (Wildman–Crippen LogP) is -2.89. The molecule has 9 heteroatoms. The van der Waals surface area contributed by atoms with Crippen molar-refractivity contribution in [3.8, 4) is 5.88 Å². The number of nitrogens with zero attached hydrogens (tertiary/aromatic N) is 2. The molecule has 0 bridgehead atoms. The Labute approximate surface area is 101 Å². The number of hydrogen-bond acceptors (Lipinski definition) is 8. The summed E-state index contributed by atoms with van der Waals surface area (Å²) in [5.74, 6) is 4.77. The van der Waals surface area contributed by atoms with Crippen LogP contribution < -0.4 is 16.4 Å². The first-order valence-electron chi connectivity index (χ1n) is 5.17. The van der Waals surface area contributed by atoms with E-state index in [2.05, 4.69) is 9.82 Å². The van der Waals surface area contributed by atoms with Crippen molar-refractivity contribution < 1.29 is 24.9 Å². The number of rotatable bonds is 3. The van der Waals surface area contributed by atoms with E-state index in [1.807, 2.05) is 0 Å². The molecule has 4 atom stereocenters. The van der Waals surface area contributed by atoms with Gasteiger partial charge in [-0.05, 0) is 0 Å². The van der Waals surface area contributed by atoms with Gasteiger partial charge in [-0.3, -0.25) is 4.57 Å². The number of aliphatic hydroxyl groups is 3. The molecule has 0 radical (unpaired) electrons. The Bertz CT molecular complexity index is 478. The minimum atomic E-state index is -1.34. The Balaban J connectivity index is 2.30. The molecule has 1 fully saturated rings. The molecular formula is C9H13N3O6. The molecule has 2 heterocycles. The van der Waals surface area contributed by atoms with Gasteiger partial charge in [0.15, 0.2) is 6.23 Å². The van der Waals surface area contributed by atoms with Crippen LogP contribution >= 0.6 is 0 Å². The van der Waals surface area contributed by atoms with Gasteiger partial charge >= 0.3 is 5.69 Å². The molecule has 5 N–H and O–H groups in total. The molecule has 0 spiro atoms. The van der Waals surface area contributed by atoms with Crippen LogP contribution in [0.3, 0.4) is 0 Å². The second-order valence-electron chi connectivity index (χ2n) is 3.80. The molecule has 100 valence electrons. The van der Waals surface area contributed by atoms with Gasteiger partial charge in [-0.25, -0.2) is 4.79 Å². The Hall–Kier alpha value is -1.52. The highest BCUT2D eigenvalue weighted by atomic mass is 16.6. The van der Waals surface area contributed by atoms with Gasteiger partial charge in [0.2, 0.25) is 5.88 Å². The Morgan fingerprint density at radius 3 is 2.72 bits per heavy atom. The highest BCUT2D eigenvalue weighted by molar-refractivity contribution is 5.06. The molecule has 0 amide bonds.